The Morgan fingerprint density at radius 1 is 1.22 bits per heavy atom. The summed E-state index contributed by atoms with van der Waals surface area (Å²) in [6.45, 7) is 7.26. The molecule has 1 aromatic carbocycles. The fourth-order valence-corrected chi connectivity index (χ4v) is 4.39. The first-order chi connectivity index (χ1) is 15.4. The number of urea groups is 1. The molecule has 1 aliphatic rings. The van der Waals surface area contributed by atoms with E-state index in [0.29, 0.717) is 52.7 Å². The molecule has 174 valence electrons. The zero-order valence-electron chi connectivity index (χ0n) is 18.1. The van der Waals surface area contributed by atoms with Gasteiger partial charge in [-0.2, -0.15) is 0 Å². The number of benzene rings is 1. The highest BCUT2D eigenvalue weighted by molar-refractivity contribution is 7.09. The Kier molecular flexibility index (Phi) is 9.12. The fourth-order valence-electron chi connectivity index (χ4n) is 3.30. The van der Waals surface area contributed by atoms with Gasteiger partial charge < -0.3 is 24.8 Å². The maximum atomic E-state index is 12.8. The van der Waals surface area contributed by atoms with E-state index in [0.717, 1.165) is 19.6 Å². The number of hydrogen-bond donors (Lipinski definition) is 1. The molecule has 0 aliphatic carbocycles. The first kappa shape index (κ1) is 24.7. The van der Waals surface area contributed by atoms with Crippen LogP contribution < -0.4 is 5.32 Å². The van der Waals surface area contributed by atoms with Crippen LogP contribution in [0.3, 0.4) is 0 Å². The number of methoxy groups -OCH3 is 1. The number of nitrogens with one attached hydrogen (secondary N) is 1. The van der Waals surface area contributed by atoms with Gasteiger partial charge >= 0.3 is 6.03 Å². The minimum Gasteiger partial charge on any atom is -0.383 e. The van der Waals surface area contributed by atoms with Crippen LogP contribution >= 0.6 is 34.5 Å². The summed E-state index contributed by atoms with van der Waals surface area (Å²) >= 11 is 13.3. The fraction of sp³-hybridized carbons (Fsp3) is 0.476. The lowest BCUT2D eigenvalue weighted by Crippen LogP contribution is -2.48. The minimum atomic E-state index is -0.320. The smallest absolute Gasteiger partial charge is 0.322 e. The van der Waals surface area contributed by atoms with E-state index in [1.165, 1.54) is 11.3 Å². The molecule has 1 aromatic heterocycles. The molecule has 1 fully saturated rings. The Balaban J connectivity index is 1.64. The number of rotatable bonds is 8. The number of carbonyl (C=O) groups excluding carboxylic acids is 2. The SMILES string of the molecule is CCN1CCN(C(=O)c2csc(CN(CCOC)C(=O)Nc3ccc(Cl)c(Cl)c3)n2)CC1. The molecule has 1 N–H and O–H groups in total. The summed E-state index contributed by atoms with van der Waals surface area (Å²) in [7, 11) is 1.58. The molecule has 2 aromatic rings. The van der Waals surface area contributed by atoms with Gasteiger partial charge in [0.1, 0.15) is 10.7 Å². The summed E-state index contributed by atoms with van der Waals surface area (Å²) in [5.74, 6) is -0.0630. The maximum Gasteiger partial charge on any atom is 0.322 e. The van der Waals surface area contributed by atoms with Crippen molar-refractivity contribution in [2.24, 2.45) is 0 Å². The molecule has 0 saturated carbocycles. The van der Waals surface area contributed by atoms with E-state index >= 15 is 0 Å². The number of amides is 3. The third-order valence-corrected chi connectivity index (χ3v) is 6.80. The van der Waals surface area contributed by atoms with Gasteiger partial charge in [-0.3, -0.25) is 4.79 Å². The van der Waals surface area contributed by atoms with Gasteiger partial charge in [0.05, 0.1) is 23.2 Å². The van der Waals surface area contributed by atoms with Crippen LogP contribution in [0.5, 0.6) is 0 Å². The molecule has 0 spiro atoms. The number of anilines is 1. The number of thiazole rings is 1. The number of halogens is 2. The van der Waals surface area contributed by atoms with Gasteiger partial charge in [-0.15, -0.1) is 11.3 Å². The van der Waals surface area contributed by atoms with Crippen LogP contribution in [0.4, 0.5) is 10.5 Å². The van der Waals surface area contributed by atoms with Crippen molar-refractivity contribution >= 4 is 52.2 Å². The van der Waals surface area contributed by atoms with E-state index in [9.17, 15) is 9.59 Å². The van der Waals surface area contributed by atoms with Crippen LogP contribution in [0.2, 0.25) is 10.0 Å². The molecule has 8 nitrogen and oxygen atoms in total. The van der Waals surface area contributed by atoms with Crippen molar-refractivity contribution in [3.63, 3.8) is 0 Å². The molecule has 0 atom stereocenters. The van der Waals surface area contributed by atoms with Crippen LogP contribution in [0.1, 0.15) is 22.4 Å². The lowest BCUT2D eigenvalue weighted by atomic mass is 10.3. The van der Waals surface area contributed by atoms with Gasteiger partial charge in [0, 0.05) is 50.9 Å². The second kappa shape index (κ2) is 11.8. The zero-order chi connectivity index (χ0) is 23.1. The van der Waals surface area contributed by atoms with Crippen molar-refractivity contribution in [1.29, 1.82) is 0 Å². The van der Waals surface area contributed by atoms with Crippen LogP contribution in [-0.2, 0) is 11.3 Å². The van der Waals surface area contributed by atoms with E-state index in [1.807, 2.05) is 4.90 Å². The molecule has 3 amide bonds. The first-order valence-corrected chi connectivity index (χ1v) is 12.0. The highest BCUT2D eigenvalue weighted by Gasteiger charge is 2.24. The summed E-state index contributed by atoms with van der Waals surface area (Å²) in [4.78, 5) is 35.9. The van der Waals surface area contributed by atoms with Crippen molar-refractivity contribution in [1.82, 2.24) is 19.7 Å². The Bertz CT molecular complexity index is 934. The summed E-state index contributed by atoms with van der Waals surface area (Å²) in [5.41, 5.74) is 0.958. The summed E-state index contributed by atoms with van der Waals surface area (Å²) < 4.78 is 5.14. The topological polar surface area (TPSA) is 78.0 Å². The second-order valence-corrected chi connectivity index (χ2v) is 9.08. The first-order valence-electron chi connectivity index (χ1n) is 10.4. The third-order valence-electron chi connectivity index (χ3n) is 5.23. The van der Waals surface area contributed by atoms with Crippen LogP contribution in [0, 0.1) is 0 Å². The predicted octanol–water partition coefficient (Wildman–Crippen LogP) is 3.91. The molecule has 1 saturated heterocycles. The van der Waals surface area contributed by atoms with E-state index in [2.05, 4.69) is 22.1 Å². The van der Waals surface area contributed by atoms with Gasteiger partial charge in [-0.1, -0.05) is 30.1 Å². The minimum absolute atomic E-state index is 0.0630. The molecule has 1 aliphatic heterocycles. The third kappa shape index (κ3) is 6.55. The summed E-state index contributed by atoms with van der Waals surface area (Å²) in [6.07, 6.45) is 0. The zero-order valence-corrected chi connectivity index (χ0v) is 20.5. The van der Waals surface area contributed by atoms with Gasteiger partial charge in [-0.25, -0.2) is 9.78 Å². The largest absolute Gasteiger partial charge is 0.383 e. The quantitative estimate of drug-likeness (QED) is 0.595. The normalized spacial score (nSPS) is 14.4. The number of aromatic nitrogens is 1. The number of hydrogen-bond acceptors (Lipinski definition) is 6. The number of ether oxygens (including phenoxy) is 1. The number of piperazine rings is 1. The Labute approximate surface area is 202 Å². The Morgan fingerprint density at radius 2 is 1.97 bits per heavy atom. The Hall–Kier alpha value is -1.91. The van der Waals surface area contributed by atoms with Crippen molar-refractivity contribution in [3.8, 4) is 0 Å². The summed E-state index contributed by atoms with van der Waals surface area (Å²) in [6, 6.07) is 4.57. The van der Waals surface area contributed by atoms with Crippen molar-refractivity contribution in [2.75, 3.05) is 58.3 Å². The van der Waals surface area contributed by atoms with Gasteiger partial charge in [-0.05, 0) is 24.7 Å². The molecular formula is C21H27Cl2N5O3S. The van der Waals surface area contributed by atoms with Gasteiger partial charge in [0.2, 0.25) is 0 Å². The molecule has 2 heterocycles. The van der Waals surface area contributed by atoms with E-state index in [-0.39, 0.29) is 18.5 Å². The monoisotopic (exact) mass is 499 g/mol. The molecule has 3 rings (SSSR count). The molecular weight excluding hydrogens is 473 g/mol. The predicted molar refractivity (Wildman–Crippen MR) is 128 cm³/mol. The molecule has 32 heavy (non-hydrogen) atoms. The lowest BCUT2D eigenvalue weighted by molar-refractivity contribution is 0.0638. The van der Waals surface area contributed by atoms with E-state index in [1.54, 1.807) is 35.6 Å². The summed E-state index contributed by atoms with van der Waals surface area (Å²) in [5, 5.41) is 6.03. The van der Waals surface area contributed by atoms with Crippen LogP contribution in [0.25, 0.3) is 0 Å². The van der Waals surface area contributed by atoms with Crippen LogP contribution in [0.15, 0.2) is 23.6 Å². The lowest BCUT2D eigenvalue weighted by Gasteiger charge is -2.33. The molecule has 0 radical (unpaired) electrons. The van der Waals surface area contributed by atoms with Gasteiger partial charge in [0.15, 0.2) is 0 Å². The van der Waals surface area contributed by atoms with E-state index in [4.69, 9.17) is 27.9 Å². The number of likely N-dealkylation sites (N-methyl/N-ethyl adjacent to an activating group) is 1. The van der Waals surface area contributed by atoms with Crippen LogP contribution in [-0.4, -0.2) is 84.6 Å². The van der Waals surface area contributed by atoms with Crippen molar-refractivity contribution in [2.45, 2.75) is 13.5 Å². The van der Waals surface area contributed by atoms with Gasteiger partial charge in [0.25, 0.3) is 5.91 Å². The highest BCUT2D eigenvalue weighted by Crippen LogP contribution is 2.25. The number of nitrogens with zero attached hydrogens (tertiary/aromatic N) is 4. The van der Waals surface area contributed by atoms with Crippen molar-refractivity contribution in [3.05, 3.63) is 44.3 Å². The Morgan fingerprint density at radius 3 is 2.62 bits per heavy atom. The average molecular weight is 500 g/mol. The maximum absolute atomic E-state index is 12.8. The average Bonchev–Trinajstić information content (AvgIpc) is 3.27. The molecule has 0 bridgehead atoms. The molecule has 11 heteroatoms. The highest BCUT2D eigenvalue weighted by atomic mass is 35.5. The van der Waals surface area contributed by atoms with Crippen molar-refractivity contribution < 1.29 is 14.3 Å². The standard InChI is InChI=1S/C21H27Cl2N5O3S/c1-3-26-6-8-27(9-7-26)20(29)18-14-32-19(25-18)13-28(10-11-31-2)21(30)24-15-4-5-16(22)17(23)12-15/h4-5,12,14H,3,6-11,13H2,1-2H3,(H,24,30). The second-order valence-electron chi connectivity index (χ2n) is 7.33. The number of carbonyl (C=O) groups is 2. The molecule has 0 unspecified atom stereocenters. The van der Waals surface area contributed by atoms with E-state index < -0.39 is 0 Å².